The van der Waals surface area contributed by atoms with E-state index in [2.05, 4.69) is 4.74 Å². The summed E-state index contributed by atoms with van der Waals surface area (Å²) < 4.78 is 17.6. The molecule has 0 aromatic rings. The van der Waals surface area contributed by atoms with E-state index in [-0.39, 0.29) is 19.1 Å². The van der Waals surface area contributed by atoms with Gasteiger partial charge in [0.1, 0.15) is 6.61 Å². The SMILES string of the molecule is CC(=O)OC[C@@]1(F)C[C@@H]1CO. The second-order valence-corrected chi connectivity index (χ2v) is 2.90. The van der Waals surface area contributed by atoms with Crippen LogP contribution in [0.1, 0.15) is 13.3 Å². The van der Waals surface area contributed by atoms with Crippen LogP contribution in [0.4, 0.5) is 4.39 Å². The van der Waals surface area contributed by atoms with Crippen LogP contribution < -0.4 is 0 Å². The van der Waals surface area contributed by atoms with E-state index in [0.717, 1.165) is 0 Å². The molecule has 0 bridgehead atoms. The number of esters is 1. The first-order valence-electron chi connectivity index (χ1n) is 3.51. The molecule has 4 heteroatoms. The average Bonchev–Trinajstić information content (AvgIpc) is 2.59. The summed E-state index contributed by atoms with van der Waals surface area (Å²) in [6.07, 6.45) is 0.302. The van der Waals surface area contributed by atoms with Gasteiger partial charge >= 0.3 is 5.97 Å². The summed E-state index contributed by atoms with van der Waals surface area (Å²) in [5, 5.41) is 8.53. The number of carbonyl (C=O) groups excluding carboxylic acids is 1. The zero-order valence-electron chi connectivity index (χ0n) is 6.34. The highest BCUT2D eigenvalue weighted by molar-refractivity contribution is 5.66. The van der Waals surface area contributed by atoms with Gasteiger partial charge in [0, 0.05) is 19.4 Å². The van der Waals surface area contributed by atoms with Crippen LogP contribution in [-0.2, 0) is 9.53 Å². The second kappa shape index (κ2) is 2.77. The fourth-order valence-corrected chi connectivity index (χ4v) is 0.977. The number of ether oxygens (including phenoxy) is 1. The number of aliphatic hydroxyl groups excluding tert-OH is 1. The van der Waals surface area contributed by atoms with Crippen molar-refractivity contribution >= 4 is 5.97 Å². The molecule has 0 amide bonds. The standard InChI is InChI=1S/C7H11FO3/c1-5(10)11-4-7(8)2-6(7)3-9/h6,9H,2-4H2,1H3/t6-,7+/m1/s1. The zero-order chi connectivity index (χ0) is 8.48. The minimum atomic E-state index is -1.44. The van der Waals surface area contributed by atoms with Crippen LogP contribution in [0, 0.1) is 5.92 Å². The van der Waals surface area contributed by atoms with E-state index in [4.69, 9.17) is 5.11 Å². The quantitative estimate of drug-likeness (QED) is 0.606. The molecule has 0 unspecified atom stereocenters. The maximum atomic E-state index is 13.1. The molecular formula is C7H11FO3. The molecule has 3 nitrogen and oxygen atoms in total. The van der Waals surface area contributed by atoms with Gasteiger partial charge in [-0.1, -0.05) is 0 Å². The minimum absolute atomic E-state index is 0.169. The number of aliphatic hydroxyl groups is 1. The molecule has 1 rings (SSSR count). The lowest BCUT2D eigenvalue weighted by molar-refractivity contribution is -0.143. The molecule has 1 N–H and O–H groups in total. The van der Waals surface area contributed by atoms with Crippen molar-refractivity contribution in [2.45, 2.75) is 19.0 Å². The van der Waals surface area contributed by atoms with Crippen molar-refractivity contribution in [2.24, 2.45) is 5.92 Å². The molecule has 1 aliphatic rings. The lowest BCUT2D eigenvalue weighted by atomic mass is 10.3. The van der Waals surface area contributed by atoms with Crippen LogP contribution >= 0.6 is 0 Å². The van der Waals surface area contributed by atoms with Crippen molar-refractivity contribution in [2.75, 3.05) is 13.2 Å². The summed E-state index contributed by atoms with van der Waals surface area (Å²) in [5.41, 5.74) is -1.44. The molecule has 1 aliphatic carbocycles. The van der Waals surface area contributed by atoms with Crippen LogP contribution in [0.2, 0.25) is 0 Å². The molecule has 0 saturated heterocycles. The molecule has 11 heavy (non-hydrogen) atoms. The summed E-state index contributed by atoms with van der Waals surface area (Å²) >= 11 is 0. The molecule has 0 aromatic heterocycles. The topological polar surface area (TPSA) is 46.5 Å². The van der Waals surface area contributed by atoms with Gasteiger partial charge in [-0.05, 0) is 6.42 Å². The number of carbonyl (C=O) groups is 1. The van der Waals surface area contributed by atoms with Gasteiger partial charge in [-0.3, -0.25) is 4.79 Å². The van der Waals surface area contributed by atoms with Gasteiger partial charge in [-0.25, -0.2) is 4.39 Å². The van der Waals surface area contributed by atoms with Crippen molar-refractivity contribution in [3.8, 4) is 0 Å². The smallest absolute Gasteiger partial charge is 0.302 e. The van der Waals surface area contributed by atoms with Crippen molar-refractivity contribution in [1.82, 2.24) is 0 Å². The van der Waals surface area contributed by atoms with E-state index in [1.54, 1.807) is 0 Å². The Hall–Kier alpha value is -0.640. The van der Waals surface area contributed by atoms with Crippen LogP contribution in [0.15, 0.2) is 0 Å². The Morgan fingerprint density at radius 2 is 2.55 bits per heavy atom. The Labute approximate surface area is 64.2 Å². The fraction of sp³-hybridized carbons (Fsp3) is 0.857. The minimum Gasteiger partial charge on any atom is -0.462 e. The first-order valence-corrected chi connectivity index (χ1v) is 3.51. The third-order valence-electron chi connectivity index (χ3n) is 1.89. The van der Waals surface area contributed by atoms with E-state index < -0.39 is 11.6 Å². The van der Waals surface area contributed by atoms with E-state index in [1.807, 2.05) is 0 Å². The number of rotatable bonds is 3. The van der Waals surface area contributed by atoms with Crippen LogP contribution in [-0.4, -0.2) is 30.0 Å². The van der Waals surface area contributed by atoms with Gasteiger partial charge in [-0.15, -0.1) is 0 Å². The van der Waals surface area contributed by atoms with Crippen molar-refractivity contribution in [3.05, 3.63) is 0 Å². The van der Waals surface area contributed by atoms with Crippen molar-refractivity contribution < 1.29 is 19.0 Å². The lowest BCUT2D eigenvalue weighted by Crippen LogP contribution is -2.17. The molecule has 1 fully saturated rings. The molecule has 2 atom stereocenters. The third-order valence-corrected chi connectivity index (χ3v) is 1.89. The maximum absolute atomic E-state index is 13.1. The molecule has 0 heterocycles. The second-order valence-electron chi connectivity index (χ2n) is 2.90. The van der Waals surface area contributed by atoms with E-state index in [1.165, 1.54) is 6.92 Å². The first kappa shape index (κ1) is 8.46. The van der Waals surface area contributed by atoms with Crippen molar-refractivity contribution in [3.63, 3.8) is 0 Å². The van der Waals surface area contributed by atoms with Gasteiger partial charge in [0.05, 0.1) is 0 Å². The molecule has 1 saturated carbocycles. The monoisotopic (exact) mass is 162 g/mol. The first-order chi connectivity index (χ1) is 5.08. The highest BCUT2D eigenvalue weighted by atomic mass is 19.1. The summed E-state index contributed by atoms with van der Waals surface area (Å²) in [5.74, 6) is -0.813. The average molecular weight is 162 g/mol. The summed E-state index contributed by atoms with van der Waals surface area (Å²) in [6.45, 7) is 0.852. The van der Waals surface area contributed by atoms with Crippen LogP contribution in [0.25, 0.3) is 0 Å². The van der Waals surface area contributed by atoms with Gasteiger partial charge in [0.15, 0.2) is 5.67 Å². The molecule has 64 valence electrons. The van der Waals surface area contributed by atoms with Crippen LogP contribution in [0.5, 0.6) is 0 Å². The number of halogens is 1. The number of hydrogen-bond donors (Lipinski definition) is 1. The van der Waals surface area contributed by atoms with Crippen LogP contribution in [0.3, 0.4) is 0 Å². The predicted molar refractivity (Wildman–Crippen MR) is 35.7 cm³/mol. The highest BCUT2D eigenvalue weighted by Crippen LogP contribution is 2.46. The summed E-state index contributed by atoms with van der Waals surface area (Å²) in [6, 6.07) is 0. The van der Waals surface area contributed by atoms with Gasteiger partial charge in [-0.2, -0.15) is 0 Å². The van der Waals surface area contributed by atoms with Gasteiger partial charge in [0.2, 0.25) is 0 Å². The van der Waals surface area contributed by atoms with Gasteiger partial charge < -0.3 is 9.84 Å². The Balaban J connectivity index is 2.23. The maximum Gasteiger partial charge on any atom is 0.302 e. The third kappa shape index (κ3) is 1.89. The number of hydrogen-bond acceptors (Lipinski definition) is 3. The van der Waals surface area contributed by atoms with E-state index in [0.29, 0.717) is 6.42 Å². The normalized spacial score (nSPS) is 35.0. The van der Waals surface area contributed by atoms with Crippen molar-refractivity contribution in [1.29, 1.82) is 0 Å². The largest absolute Gasteiger partial charge is 0.462 e. The lowest BCUT2D eigenvalue weighted by Gasteiger charge is -2.05. The molecule has 0 radical (unpaired) electrons. The van der Waals surface area contributed by atoms with E-state index >= 15 is 0 Å². The summed E-state index contributed by atoms with van der Waals surface area (Å²) in [4.78, 5) is 10.3. The molecule has 0 spiro atoms. The Bertz CT molecular complexity index is 171. The summed E-state index contributed by atoms with van der Waals surface area (Å²) in [7, 11) is 0. The molecule has 0 aromatic carbocycles. The Morgan fingerprint density at radius 3 is 2.91 bits per heavy atom. The van der Waals surface area contributed by atoms with E-state index in [9.17, 15) is 9.18 Å². The fourth-order valence-electron chi connectivity index (χ4n) is 0.977. The Morgan fingerprint density at radius 1 is 1.91 bits per heavy atom. The number of alkyl halides is 1. The Kier molecular flexibility index (Phi) is 2.13. The zero-order valence-corrected chi connectivity index (χ0v) is 6.34. The molecule has 0 aliphatic heterocycles. The molecular weight excluding hydrogens is 151 g/mol. The highest BCUT2D eigenvalue weighted by Gasteiger charge is 2.55. The van der Waals surface area contributed by atoms with Gasteiger partial charge in [0.25, 0.3) is 0 Å². The predicted octanol–water partition coefficient (Wildman–Crippen LogP) is 0.270.